The van der Waals surface area contributed by atoms with Crippen molar-refractivity contribution in [2.24, 2.45) is 4.99 Å². The topological polar surface area (TPSA) is 75.3 Å². The lowest BCUT2D eigenvalue weighted by atomic mass is 10.2. The van der Waals surface area contributed by atoms with Crippen LogP contribution in [-0.4, -0.2) is 43.6 Å². The van der Waals surface area contributed by atoms with Gasteiger partial charge in [-0.25, -0.2) is 4.79 Å². The van der Waals surface area contributed by atoms with Gasteiger partial charge in [0.1, 0.15) is 5.76 Å². The number of ether oxygens (including phenoxy) is 1. The van der Waals surface area contributed by atoms with E-state index in [9.17, 15) is 4.79 Å². The Balaban J connectivity index is 1.77. The predicted octanol–water partition coefficient (Wildman–Crippen LogP) is 3.33. The zero-order chi connectivity index (χ0) is 16.2. The van der Waals surface area contributed by atoms with Crippen LogP contribution in [0.3, 0.4) is 0 Å². The van der Waals surface area contributed by atoms with Crippen LogP contribution < -0.4 is 4.90 Å². The van der Waals surface area contributed by atoms with Crippen LogP contribution >= 0.6 is 15.9 Å². The van der Waals surface area contributed by atoms with Gasteiger partial charge in [-0.2, -0.15) is 0 Å². The fourth-order valence-electron chi connectivity index (χ4n) is 2.28. The maximum Gasteiger partial charge on any atom is 0.335 e. The highest BCUT2D eigenvalue weighted by Crippen LogP contribution is 2.30. The molecule has 0 bridgehead atoms. The first-order valence-electron chi connectivity index (χ1n) is 7.13. The standard InChI is InChI=1S/C16H15BrN2O4/c17-14-9-13(23-15(14)19-4-6-22-7-5-19)10-18-12-3-1-2-11(8-12)16(20)21/h1-3,8-10H,4-7H2,(H,20,21). The number of nitrogens with zero attached hydrogens (tertiary/aromatic N) is 2. The van der Waals surface area contributed by atoms with Crippen LogP contribution in [0.1, 0.15) is 16.1 Å². The van der Waals surface area contributed by atoms with Gasteiger partial charge in [-0.3, -0.25) is 4.99 Å². The Morgan fingerprint density at radius 2 is 2.09 bits per heavy atom. The van der Waals surface area contributed by atoms with Gasteiger partial charge in [0.15, 0.2) is 0 Å². The Morgan fingerprint density at radius 1 is 1.30 bits per heavy atom. The third kappa shape index (κ3) is 3.80. The van der Waals surface area contributed by atoms with E-state index in [2.05, 4.69) is 25.8 Å². The quantitative estimate of drug-likeness (QED) is 0.825. The largest absolute Gasteiger partial charge is 0.478 e. The van der Waals surface area contributed by atoms with E-state index in [0.717, 1.165) is 23.4 Å². The molecule has 0 spiro atoms. The fraction of sp³-hybridized carbons (Fsp3) is 0.250. The average Bonchev–Trinajstić information content (AvgIpc) is 2.95. The van der Waals surface area contributed by atoms with Gasteiger partial charge in [-0.05, 0) is 34.1 Å². The molecule has 7 heteroatoms. The molecule has 0 radical (unpaired) electrons. The number of hydrogen-bond donors (Lipinski definition) is 1. The van der Waals surface area contributed by atoms with Crippen LogP contribution in [0.15, 0.2) is 44.2 Å². The Morgan fingerprint density at radius 3 is 2.83 bits per heavy atom. The number of benzene rings is 1. The van der Waals surface area contributed by atoms with Crippen LogP contribution in [0.4, 0.5) is 11.6 Å². The highest BCUT2D eigenvalue weighted by Gasteiger charge is 2.18. The van der Waals surface area contributed by atoms with Gasteiger partial charge in [-0.1, -0.05) is 6.07 Å². The normalized spacial score (nSPS) is 15.3. The summed E-state index contributed by atoms with van der Waals surface area (Å²) < 4.78 is 12.0. The summed E-state index contributed by atoms with van der Waals surface area (Å²) in [6, 6.07) is 8.29. The summed E-state index contributed by atoms with van der Waals surface area (Å²) in [5.41, 5.74) is 0.764. The third-order valence-corrected chi connectivity index (χ3v) is 3.99. The molecule has 1 aliphatic heterocycles. The van der Waals surface area contributed by atoms with E-state index >= 15 is 0 Å². The van der Waals surface area contributed by atoms with Crippen LogP contribution in [0.5, 0.6) is 0 Å². The number of carboxylic acid groups (broad SMARTS) is 1. The van der Waals surface area contributed by atoms with Crippen molar-refractivity contribution in [3.8, 4) is 0 Å². The van der Waals surface area contributed by atoms with E-state index in [-0.39, 0.29) is 5.56 Å². The second-order valence-electron chi connectivity index (χ2n) is 5.01. The zero-order valence-electron chi connectivity index (χ0n) is 12.2. The lowest BCUT2D eigenvalue weighted by Crippen LogP contribution is -2.36. The Kier molecular flexibility index (Phi) is 4.78. The summed E-state index contributed by atoms with van der Waals surface area (Å²) in [4.78, 5) is 17.3. The molecule has 2 aromatic rings. The van der Waals surface area contributed by atoms with Crippen molar-refractivity contribution in [2.75, 3.05) is 31.2 Å². The number of aromatic carboxylic acids is 1. The molecule has 1 aliphatic rings. The van der Waals surface area contributed by atoms with Crippen molar-refractivity contribution in [3.05, 3.63) is 46.1 Å². The fourth-order valence-corrected chi connectivity index (χ4v) is 2.84. The molecule has 0 saturated carbocycles. The maximum absolute atomic E-state index is 11.0. The van der Waals surface area contributed by atoms with Crippen molar-refractivity contribution >= 4 is 39.7 Å². The van der Waals surface area contributed by atoms with Crippen LogP contribution in [0.25, 0.3) is 0 Å². The van der Waals surface area contributed by atoms with E-state index in [1.165, 1.54) is 12.1 Å². The Bertz CT molecular complexity index is 735. The summed E-state index contributed by atoms with van der Waals surface area (Å²) in [7, 11) is 0. The van der Waals surface area contributed by atoms with Crippen LogP contribution in [0, 0.1) is 0 Å². The van der Waals surface area contributed by atoms with Gasteiger partial charge in [-0.15, -0.1) is 0 Å². The highest BCUT2D eigenvalue weighted by atomic mass is 79.9. The second-order valence-corrected chi connectivity index (χ2v) is 5.87. The Labute approximate surface area is 141 Å². The molecule has 0 unspecified atom stereocenters. The van der Waals surface area contributed by atoms with E-state index in [1.54, 1.807) is 18.3 Å². The van der Waals surface area contributed by atoms with Crippen molar-refractivity contribution in [1.29, 1.82) is 0 Å². The number of morpholine rings is 1. The smallest absolute Gasteiger partial charge is 0.335 e. The minimum atomic E-state index is -0.975. The average molecular weight is 379 g/mol. The molecule has 1 saturated heterocycles. The van der Waals surface area contributed by atoms with Gasteiger partial charge in [0.2, 0.25) is 5.88 Å². The summed E-state index contributed by atoms with van der Waals surface area (Å²) in [5, 5.41) is 8.99. The summed E-state index contributed by atoms with van der Waals surface area (Å²) in [5.74, 6) is 0.380. The van der Waals surface area contributed by atoms with E-state index in [4.69, 9.17) is 14.3 Å². The number of carboxylic acids is 1. The van der Waals surface area contributed by atoms with Gasteiger partial charge in [0.05, 0.1) is 35.2 Å². The number of carbonyl (C=O) groups is 1. The molecule has 1 aromatic carbocycles. The molecule has 0 amide bonds. The minimum Gasteiger partial charge on any atom is -0.478 e. The van der Waals surface area contributed by atoms with E-state index < -0.39 is 5.97 Å². The monoisotopic (exact) mass is 378 g/mol. The van der Waals surface area contributed by atoms with Crippen molar-refractivity contribution in [2.45, 2.75) is 0 Å². The van der Waals surface area contributed by atoms with Gasteiger partial charge < -0.3 is 19.2 Å². The van der Waals surface area contributed by atoms with E-state index in [1.807, 2.05) is 6.07 Å². The van der Waals surface area contributed by atoms with Gasteiger partial charge in [0, 0.05) is 19.2 Å². The second kappa shape index (κ2) is 6.97. The zero-order valence-corrected chi connectivity index (χ0v) is 13.8. The first-order chi connectivity index (χ1) is 11.1. The highest BCUT2D eigenvalue weighted by molar-refractivity contribution is 9.10. The van der Waals surface area contributed by atoms with Crippen molar-refractivity contribution in [3.63, 3.8) is 0 Å². The molecule has 1 fully saturated rings. The first-order valence-corrected chi connectivity index (χ1v) is 7.92. The third-order valence-electron chi connectivity index (χ3n) is 3.42. The number of rotatable bonds is 4. The summed E-state index contributed by atoms with van der Waals surface area (Å²) >= 11 is 3.49. The maximum atomic E-state index is 11.0. The molecule has 6 nitrogen and oxygen atoms in total. The molecular formula is C16H15BrN2O4. The number of aliphatic imine (C=N–C) groups is 1. The molecule has 120 valence electrons. The number of halogens is 1. The lowest BCUT2D eigenvalue weighted by molar-refractivity contribution is 0.0697. The molecule has 0 atom stereocenters. The number of hydrogen-bond acceptors (Lipinski definition) is 5. The molecule has 1 aromatic heterocycles. The summed E-state index contributed by atoms with van der Waals surface area (Å²) in [6.45, 7) is 2.92. The molecular weight excluding hydrogens is 364 g/mol. The summed E-state index contributed by atoms with van der Waals surface area (Å²) in [6.07, 6.45) is 1.58. The number of furan rings is 1. The minimum absolute atomic E-state index is 0.203. The first kappa shape index (κ1) is 15.8. The lowest BCUT2D eigenvalue weighted by Gasteiger charge is -2.26. The van der Waals surface area contributed by atoms with Crippen molar-refractivity contribution < 1.29 is 19.1 Å². The van der Waals surface area contributed by atoms with Gasteiger partial charge in [0.25, 0.3) is 0 Å². The SMILES string of the molecule is O=C(O)c1cccc(N=Cc2cc(Br)c(N3CCOCC3)o2)c1. The molecule has 1 N–H and O–H groups in total. The molecule has 3 rings (SSSR count). The van der Waals surface area contributed by atoms with E-state index in [0.29, 0.717) is 24.7 Å². The number of anilines is 1. The molecule has 0 aliphatic carbocycles. The Hall–Kier alpha value is -2.12. The van der Waals surface area contributed by atoms with Crippen molar-refractivity contribution in [1.82, 2.24) is 0 Å². The van der Waals surface area contributed by atoms with Crippen LogP contribution in [0.2, 0.25) is 0 Å². The molecule has 23 heavy (non-hydrogen) atoms. The molecule has 2 heterocycles. The van der Waals surface area contributed by atoms with Crippen LogP contribution in [-0.2, 0) is 4.74 Å². The van der Waals surface area contributed by atoms with Gasteiger partial charge >= 0.3 is 5.97 Å². The predicted molar refractivity (Wildman–Crippen MR) is 90.1 cm³/mol.